The van der Waals surface area contributed by atoms with Gasteiger partial charge in [-0.15, -0.1) is 11.3 Å². The average molecular weight is 442 g/mol. The predicted molar refractivity (Wildman–Crippen MR) is 123 cm³/mol. The van der Waals surface area contributed by atoms with E-state index in [4.69, 9.17) is 0 Å². The monoisotopic (exact) mass is 441 g/mol. The van der Waals surface area contributed by atoms with E-state index in [1.807, 2.05) is 36.4 Å². The highest BCUT2D eigenvalue weighted by atomic mass is 32.1. The molecule has 0 saturated carbocycles. The molecule has 0 spiro atoms. The first-order chi connectivity index (χ1) is 15.6. The lowest BCUT2D eigenvalue weighted by Crippen LogP contribution is -2.18. The number of aromatic nitrogens is 4. The molecule has 1 N–H and O–H groups in total. The minimum absolute atomic E-state index is 0.0956. The zero-order chi connectivity index (χ0) is 22.1. The summed E-state index contributed by atoms with van der Waals surface area (Å²) < 4.78 is 1.71. The number of allylic oxidation sites excluding steroid dienone is 1. The summed E-state index contributed by atoms with van der Waals surface area (Å²) in [5, 5.41) is 14.6. The van der Waals surface area contributed by atoms with Crippen LogP contribution in [0.15, 0.2) is 53.6 Å². The molecular weight excluding hydrogens is 422 g/mol. The number of nitrogens with zero attached hydrogens (tertiary/aromatic N) is 4. The van der Waals surface area contributed by atoms with Crippen LogP contribution in [0.25, 0.3) is 22.0 Å². The van der Waals surface area contributed by atoms with Crippen LogP contribution in [0.2, 0.25) is 0 Å². The molecule has 1 aliphatic carbocycles. The van der Waals surface area contributed by atoms with Gasteiger partial charge >= 0.3 is 0 Å². The third-order valence-electron chi connectivity index (χ3n) is 5.59. The molecule has 0 bridgehead atoms. The second-order valence-corrected chi connectivity index (χ2v) is 8.78. The lowest BCUT2D eigenvalue weighted by molar-refractivity contribution is -0.114. The van der Waals surface area contributed by atoms with E-state index < -0.39 is 11.7 Å². The molecule has 0 aliphatic heterocycles. The number of hydrogen-bond donors (Lipinski definition) is 1. The number of nitriles is 1. The molecule has 0 amide bonds. The van der Waals surface area contributed by atoms with Gasteiger partial charge in [-0.3, -0.25) is 9.59 Å². The van der Waals surface area contributed by atoms with E-state index >= 15 is 0 Å². The quantitative estimate of drug-likeness (QED) is 0.473. The van der Waals surface area contributed by atoms with E-state index in [0.29, 0.717) is 10.2 Å². The number of hydrogen-bond acceptors (Lipinski definition) is 6. The van der Waals surface area contributed by atoms with Gasteiger partial charge in [-0.25, -0.2) is 9.67 Å². The Labute approximate surface area is 187 Å². The average Bonchev–Trinajstić information content (AvgIpc) is 3.43. The zero-order valence-corrected chi connectivity index (χ0v) is 17.9. The SMILES string of the molecule is N#CC(C(=O)/C=C/c1cnn(-c2ccccc2)c1)c1nc2sc3c(c2c(=O)[nH]1)CCCC3. The molecule has 1 aliphatic rings. The molecule has 1 aromatic carbocycles. The fourth-order valence-electron chi connectivity index (χ4n) is 4.00. The minimum atomic E-state index is -1.17. The number of carbonyl (C=O) groups is 1. The summed E-state index contributed by atoms with van der Waals surface area (Å²) in [6.45, 7) is 0. The maximum atomic E-state index is 12.8. The molecule has 0 radical (unpaired) electrons. The number of fused-ring (bicyclic) bond motifs is 3. The van der Waals surface area contributed by atoms with Crippen molar-refractivity contribution in [1.29, 1.82) is 5.26 Å². The fourth-order valence-corrected chi connectivity index (χ4v) is 5.27. The normalized spacial score (nSPS) is 14.3. The van der Waals surface area contributed by atoms with Gasteiger partial charge in [0.15, 0.2) is 11.7 Å². The molecule has 4 aromatic rings. The highest BCUT2D eigenvalue weighted by molar-refractivity contribution is 7.18. The molecule has 8 heteroatoms. The van der Waals surface area contributed by atoms with Crippen molar-refractivity contribution in [2.24, 2.45) is 0 Å². The molecule has 0 saturated heterocycles. The Hall–Kier alpha value is -3.83. The number of thiophene rings is 1. The third-order valence-corrected chi connectivity index (χ3v) is 6.78. The van der Waals surface area contributed by atoms with Crippen LogP contribution in [0.4, 0.5) is 0 Å². The molecule has 3 heterocycles. The van der Waals surface area contributed by atoms with Gasteiger partial charge in [0.2, 0.25) is 0 Å². The van der Waals surface area contributed by atoms with E-state index in [1.54, 1.807) is 23.2 Å². The van der Waals surface area contributed by atoms with Crippen molar-refractivity contribution in [3.63, 3.8) is 0 Å². The number of H-pyrrole nitrogens is 1. The van der Waals surface area contributed by atoms with E-state index in [-0.39, 0.29) is 11.4 Å². The van der Waals surface area contributed by atoms with Crippen molar-refractivity contribution in [3.8, 4) is 11.8 Å². The molecule has 0 fully saturated rings. The van der Waals surface area contributed by atoms with Gasteiger partial charge in [-0.2, -0.15) is 10.4 Å². The summed E-state index contributed by atoms with van der Waals surface area (Å²) in [6.07, 6.45) is 10.4. The van der Waals surface area contributed by atoms with Gasteiger partial charge in [0, 0.05) is 16.6 Å². The topological polar surface area (TPSA) is 104 Å². The Morgan fingerprint density at radius 2 is 2.06 bits per heavy atom. The van der Waals surface area contributed by atoms with Gasteiger partial charge in [0.05, 0.1) is 23.3 Å². The van der Waals surface area contributed by atoms with E-state index in [1.165, 1.54) is 22.3 Å². The highest BCUT2D eigenvalue weighted by Gasteiger charge is 2.25. The van der Waals surface area contributed by atoms with Crippen molar-refractivity contribution in [3.05, 3.63) is 81.0 Å². The van der Waals surface area contributed by atoms with E-state index in [9.17, 15) is 14.9 Å². The predicted octanol–water partition coefficient (Wildman–Crippen LogP) is 3.94. The lowest BCUT2D eigenvalue weighted by Gasteiger charge is -2.09. The fraction of sp³-hybridized carbons (Fsp3) is 0.208. The molecule has 7 nitrogen and oxygen atoms in total. The van der Waals surface area contributed by atoms with Gasteiger partial charge in [-0.1, -0.05) is 18.2 Å². The van der Waals surface area contributed by atoms with Crippen LogP contribution in [0.1, 0.15) is 40.6 Å². The van der Waals surface area contributed by atoms with Crippen molar-refractivity contribution < 1.29 is 4.79 Å². The molecule has 158 valence electrons. The first-order valence-electron chi connectivity index (χ1n) is 10.4. The minimum Gasteiger partial charge on any atom is -0.308 e. The third kappa shape index (κ3) is 3.67. The lowest BCUT2D eigenvalue weighted by atomic mass is 9.97. The van der Waals surface area contributed by atoms with Crippen LogP contribution in [0, 0.1) is 11.3 Å². The Morgan fingerprint density at radius 3 is 2.88 bits per heavy atom. The largest absolute Gasteiger partial charge is 0.308 e. The van der Waals surface area contributed by atoms with E-state index in [0.717, 1.165) is 42.5 Å². The molecule has 1 unspecified atom stereocenters. The summed E-state index contributed by atoms with van der Waals surface area (Å²) in [6, 6.07) is 11.6. The van der Waals surface area contributed by atoms with Crippen molar-refractivity contribution in [2.45, 2.75) is 31.6 Å². The number of aromatic amines is 1. The van der Waals surface area contributed by atoms with E-state index in [2.05, 4.69) is 15.1 Å². The van der Waals surface area contributed by atoms with Crippen LogP contribution < -0.4 is 5.56 Å². The summed E-state index contributed by atoms with van der Waals surface area (Å²) in [7, 11) is 0. The number of aryl methyl sites for hydroxylation is 2. The number of rotatable bonds is 5. The van der Waals surface area contributed by atoms with Crippen molar-refractivity contribution in [2.75, 3.05) is 0 Å². The Morgan fingerprint density at radius 1 is 1.25 bits per heavy atom. The Balaban J connectivity index is 1.41. The van der Waals surface area contributed by atoms with Gasteiger partial charge in [-0.05, 0) is 55.5 Å². The number of carbonyl (C=O) groups excluding carboxylic acids is 1. The molecular formula is C24H19N5O2S. The maximum absolute atomic E-state index is 12.8. The number of nitrogens with one attached hydrogen (secondary N) is 1. The summed E-state index contributed by atoms with van der Waals surface area (Å²) in [5.74, 6) is -1.52. The zero-order valence-electron chi connectivity index (χ0n) is 17.1. The first kappa shape index (κ1) is 20.1. The van der Waals surface area contributed by atoms with Crippen LogP contribution in [0.3, 0.4) is 0 Å². The second kappa shape index (κ2) is 8.36. The van der Waals surface area contributed by atoms with Crippen LogP contribution in [-0.4, -0.2) is 25.5 Å². The number of benzene rings is 1. The first-order valence-corrected chi connectivity index (χ1v) is 11.2. The Bertz CT molecular complexity index is 1440. The van der Waals surface area contributed by atoms with Gasteiger partial charge < -0.3 is 4.98 Å². The highest BCUT2D eigenvalue weighted by Crippen LogP contribution is 2.34. The summed E-state index contributed by atoms with van der Waals surface area (Å²) >= 11 is 1.50. The standard InChI is InChI=1S/C24H19N5O2S/c25-12-18(19(30)11-10-15-13-26-29(14-15)16-6-2-1-3-7-16)22-27-23(31)21-17-8-4-5-9-20(17)32-24(21)28-22/h1-3,6-7,10-11,13-14,18H,4-5,8-9H2,(H,27,28,31)/b11-10+. The molecule has 5 rings (SSSR count). The second-order valence-electron chi connectivity index (χ2n) is 7.69. The summed E-state index contributed by atoms with van der Waals surface area (Å²) in [4.78, 5) is 34.5. The molecule has 3 aromatic heterocycles. The van der Waals surface area contributed by atoms with Crippen molar-refractivity contribution in [1.82, 2.24) is 19.7 Å². The smallest absolute Gasteiger partial charge is 0.259 e. The van der Waals surface area contributed by atoms with Crippen LogP contribution in [0.5, 0.6) is 0 Å². The number of ketones is 1. The van der Waals surface area contributed by atoms with Crippen LogP contribution in [-0.2, 0) is 17.6 Å². The number of para-hydroxylation sites is 1. The Kier molecular flexibility index (Phi) is 5.25. The molecule has 1 atom stereocenters. The van der Waals surface area contributed by atoms with Gasteiger partial charge in [0.25, 0.3) is 5.56 Å². The van der Waals surface area contributed by atoms with Gasteiger partial charge in [0.1, 0.15) is 10.7 Å². The van der Waals surface area contributed by atoms with Crippen LogP contribution >= 0.6 is 11.3 Å². The van der Waals surface area contributed by atoms with Crippen molar-refractivity contribution >= 4 is 33.4 Å². The summed E-state index contributed by atoms with van der Waals surface area (Å²) in [5.41, 5.74) is 2.43. The maximum Gasteiger partial charge on any atom is 0.259 e. The molecule has 32 heavy (non-hydrogen) atoms.